The fourth-order valence-electron chi connectivity index (χ4n) is 2.86. The lowest BCUT2D eigenvalue weighted by atomic mass is 9.84. The van der Waals surface area contributed by atoms with Crippen LogP contribution >= 0.6 is 0 Å². The van der Waals surface area contributed by atoms with Crippen LogP contribution in [0.15, 0.2) is 36.4 Å². The Balaban J connectivity index is 1.77. The number of nitrogens with one attached hydrogen (secondary N) is 2. The van der Waals surface area contributed by atoms with E-state index in [1.165, 1.54) is 6.08 Å². The number of nitrogens with two attached hydrogens (primary N) is 1. The molecular formula is C18H23N3O3. The monoisotopic (exact) mass is 329 g/mol. The predicted molar refractivity (Wildman–Crippen MR) is 91.6 cm³/mol. The van der Waals surface area contributed by atoms with Crippen LogP contribution in [0.2, 0.25) is 0 Å². The van der Waals surface area contributed by atoms with Crippen molar-refractivity contribution >= 4 is 23.8 Å². The van der Waals surface area contributed by atoms with Gasteiger partial charge in [0.25, 0.3) is 0 Å². The van der Waals surface area contributed by atoms with Crippen LogP contribution in [0.1, 0.15) is 31.2 Å². The Labute approximate surface area is 141 Å². The summed E-state index contributed by atoms with van der Waals surface area (Å²) in [4.78, 5) is 35.1. The van der Waals surface area contributed by atoms with Crippen LogP contribution in [-0.4, -0.2) is 30.3 Å². The maximum Gasteiger partial charge on any atom is 0.244 e. The summed E-state index contributed by atoms with van der Waals surface area (Å²) < 4.78 is 0. The number of carbonyl (C=O) groups excluding carboxylic acids is 3. The van der Waals surface area contributed by atoms with Gasteiger partial charge in [-0.1, -0.05) is 43.2 Å². The first kappa shape index (κ1) is 17.7. The Bertz CT molecular complexity index is 613. The Morgan fingerprint density at radius 2 is 1.83 bits per heavy atom. The number of primary amides is 1. The molecular weight excluding hydrogens is 306 g/mol. The normalized spacial score (nSPS) is 20.5. The Hall–Kier alpha value is -2.63. The molecule has 4 N–H and O–H groups in total. The highest BCUT2D eigenvalue weighted by Crippen LogP contribution is 2.23. The van der Waals surface area contributed by atoms with Gasteiger partial charge in [0, 0.05) is 12.1 Å². The molecule has 128 valence electrons. The molecule has 1 aliphatic rings. The zero-order valence-electron chi connectivity index (χ0n) is 13.5. The first-order valence-electron chi connectivity index (χ1n) is 8.16. The van der Waals surface area contributed by atoms with Crippen molar-refractivity contribution < 1.29 is 14.4 Å². The minimum Gasteiger partial charge on any atom is -0.369 e. The third-order valence-corrected chi connectivity index (χ3v) is 4.13. The van der Waals surface area contributed by atoms with Crippen LogP contribution in [-0.2, 0) is 14.4 Å². The van der Waals surface area contributed by atoms with Crippen LogP contribution in [0.5, 0.6) is 0 Å². The lowest BCUT2D eigenvalue weighted by molar-refractivity contribution is -0.127. The smallest absolute Gasteiger partial charge is 0.244 e. The molecule has 2 rings (SSSR count). The topological polar surface area (TPSA) is 101 Å². The van der Waals surface area contributed by atoms with E-state index < -0.39 is 0 Å². The van der Waals surface area contributed by atoms with Crippen molar-refractivity contribution in [3.63, 3.8) is 0 Å². The van der Waals surface area contributed by atoms with E-state index in [4.69, 9.17) is 5.73 Å². The summed E-state index contributed by atoms with van der Waals surface area (Å²) in [6, 6.07) is 9.18. The van der Waals surface area contributed by atoms with Crippen molar-refractivity contribution in [1.82, 2.24) is 10.6 Å². The third kappa shape index (κ3) is 5.53. The van der Waals surface area contributed by atoms with Gasteiger partial charge in [-0.05, 0) is 24.5 Å². The molecule has 6 nitrogen and oxygen atoms in total. The van der Waals surface area contributed by atoms with Gasteiger partial charge >= 0.3 is 0 Å². The van der Waals surface area contributed by atoms with Gasteiger partial charge in [0.05, 0.1) is 12.5 Å². The second-order valence-corrected chi connectivity index (χ2v) is 5.93. The molecule has 1 saturated carbocycles. The minimum absolute atomic E-state index is 0.125. The van der Waals surface area contributed by atoms with Crippen LogP contribution in [0.4, 0.5) is 0 Å². The standard InChI is InChI=1S/C18H23N3O3/c19-18(24)14-8-4-5-9-15(14)21-17(23)12-20-16(22)11-10-13-6-2-1-3-7-13/h1-3,6-7,10-11,14-15H,4-5,8-9,12H2,(H2,19,24)(H,20,22)(H,21,23)/b11-10+/t14-,15?/m0/s1. The molecule has 0 bridgehead atoms. The van der Waals surface area contributed by atoms with Crippen molar-refractivity contribution in [1.29, 1.82) is 0 Å². The molecule has 6 heteroatoms. The second-order valence-electron chi connectivity index (χ2n) is 5.93. The molecule has 3 amide bonds. The molecule has 1 unspecified atom stereocenters. The van der Waals surface area contributed by atoms with E-state index in [0.29, 0.717) is 6.42 Å². The molecule has 0 aromatic heterocycles. The number of hydrogen-bond donors (Lipinski definition) is 3. The quantitative estimate of drug-likeness (QED) is 0.678. The van der Waals surface area contributed by atoms with Gasteiger partial charge in [0.2, 0.25) is 17.7 Å². The van der Waals surface area contributed by atoms with Gasteiger partial charge in [0.15, 0.2) is 0 Å². The summed E-state index contributed by atoms with van der Waals surface area (Å²) in [6.07, 6.45) is 6.41. The maximum atomic E-state index is 12.0. The van der Waals surface area contributed by atoms with Gasteiger partial charge in [-0.2, -0.15) is 0 Å². The zero-order chi connectivity index (χ0) is 17.4. The van der Waals surface area contributed by atoms with Crippen LogP contribution < -0.4 is 16.4 Å². The number of rotatable bonds is 6. The van der Waals surface area contributed by atoms with Gasteiger partial charge in [-0.15, -0.1) is 0 Å². The largest absolute Gasteiger partial charge is 0.369 e. The number of hydrogen-bond acceptors (Lipinski definition) is 3. The van der Waals surface area contributed by atoms with Crippen molar-refractivity contribution in [2.75, 3.05) is 6.54 Å². The first-order valence-corrected chi connectivity index (χ1v) is 8.16. The summed E-state index contributed by atoms with van der Waals surface area (Å²) in [6.45, 7) is -0.125. The highest BCUT2D eigenvalue weighted by Gasteiger charge is 2.30. The second kappa shape index (κ2) is 8.86. The number of amides is 3. The molecule has 0 radical (unpaired) electrons. The Morgan fingerprint density at radius 1 is 1.12 bits per heavy atom. The molecule has 0 heterocycles. The van der Waals surface area contributed by atoms with Gasteiger partial charge in [0.1, 0.15) is 0 Å². The van der Waals surface area contributed by atoms with E-state index in [0.717, 1.165) is 24.8 Å². The fourth-order valence-corrected chi connectivity index (χ4v) is 2.86. The van der Waals surface area contributed by atoms with Crippen molar-refractivity contribution in [2.45, 2.75) is 31.7 Å². The highest BCUT2D eigenvalue weighted by atomic mass is 16.2. The molecule has 0 saturated heterocycles. The first-order chi connectivity index (χ1) is 11.6. The molecule has 24 heavy (non-hydrogen) atoms. The molecule has 1 aliphatic carbocycles. The SMILES string of the molecule is NC(=O)[C@H]1CCCCC1NC(=O)CNC(=O)/C=C/c1ccccc1. The van der Waals surface area contributed by atoms with Crippen LogP contribution in [0.3, 0.4) is 0 Å². The third-order valence-electron chi connectivity index (χ3n) is 4.13. The molecule has 1 aromatic rings. The van der Waals surface area contributed by atoms with E-state index in [1.54, 1.807) is 6.08 Å². The van der Waals surface area contributed by atoms with Crippen LogP contribution in [0.25, 0.3) is 6.08 Å². The number of carbonyl (C=O) groups is 3. The fraction of sp³-hybridized carbons (Fsp3) is 0.389. The molecule has 0 aliphatic heterocycles. The van der Waals surface area contributed by atoms with E-state index in [2.05, 4.69) is 10.6 Å². The average molecular weight is 329 g/mol. The van der Waals surface area contributed by atoms with Gasteiger partial charge in [-0.25, -0.2) is 0 Å². The molecule has 2 atom stereocenters. The Morgan fingerprint density at radius 3 is 2.54 bits per heavy atom. The molecule has 1 aromatic carbocycles. The van der Waals surface area contributed by atoms with Crippen LogP contribution in [0, 0.1) is 5.92 Å². The lowest BCUT2D eigenvalue weighted by Gasteiger charge is -2.29. The maximum absolute atomic E-state index is 12.0. The highest BCUT2D eigenvalue weighted by molar-refractivity contribution is 5.94. The summed E-state index contributed by atoms with van der Waals surface area (Å²) in [5.74, 6) is -1.36. The number of benzene rings is 1. The van der Waals surface area contributed by atoms with Gasteiger partial charge < -0.3 is 16.4 Å². The molecule has 0 spiro atoms. The lowest BCUT2D eigenvalue weighted by Crippen LogP contribution is -2.49. The Kier molecular flexibility index (Phi) is 6.54. The average Bonchev–Trinajstić information content (AvgIpc) is 2.59. The van der Waals surface area contributed by atoms with E-state index in [-0.39, 0.29) is 36.2 Å². The summed E-state index contributed by atoms with van der Waals surface area (Å²) in [5.41, 5.74) is 6.29. The minimum atomic E-state index is -0.380. The van der Waals surface area contributed by atoms with Crippen molar-refractivity contribution in [3.8, 4) is 0 Å². The van der Waals surface area contributed by atoms with Crippen molar-refractivity contribution in [3.05, 3.63) is 42.0 Å². The molecule has 1 fully saturated rings. The predicted octanol–water partition coefficient (Wildman–Crippen LogP) is 0.976. The summed E-state index contributed by atoms with van der Waals surface area (Å²) in [5, 5.41) is 5.33. The summed E-state index contributed by atoms with van der Waals surface area (Å²) in [7, 11) is 0. The van der Waals surface area contributed by atoms with E-state index >= 15 is 0 Å². The summed E-state index contributed by atoms with van der Waals surface area (Å²) >= 11 is 0. The van der Waals surface area contributed by atoms with E-state index in [1.807, 2.05) is 30.3 Å². The zero-order valence-corrected chi connectivity index (χ0v) is 13.5. The van der Waals surface area contributed by atoms with Gasteiger partial charge in [-0.3, -0.25) is 14.4 Å². The van der Waals surface area contributed by atoms with Crippen molar-refractivity contribution in [2.24, 2.45) is 11.7 Å². The van der Waals surface area contributed by atoms with E-state index in [9.17, 15) is 14.4 Å².